The molecule has 0 saturated carbocycles. The minimum Gasteiger partial charge on any atom is -0.497 e. The predicted octanol–water partition coefficient (Wildman–Crippen LogP) is 6.66. The van der Waals surface area contributed by atoms with E-state index < -0.39 is 35.0 Å². The molecule has 290 valence electrons. The van der Waals surface area contributed by atoms with Crippen LogP contribution in [0, 0.1) is 0 Å². The van der Waals surface area contributed by atoms with Crippen molar-refractivity contribution < 1.29 is 38.0 Å². The number of hydrogen-bond acceptors (Lipinski definition) is 10. The van der Waals surface area contributed by atoms with E-state index in [9.17, 15) is 14.4 Å². The van der Waals surface area contributed by atoms with Gasteiger partial charge in [0.1, 0.15) is 29.5 Å². The van der Waals surface area contributed by atoms with Gasteiger partial charge in [0.25, 0.3) is 5.91 Å². The highest BCUT2D eigenvalue weighted by molar-refractivity contribution is 6.03. The van der Waals surface area contributed by atoms with Crippen LogP contribution in [-0.4, -0.2) is 67.7 Å². The lowest BCUT2D eigenvalue weighted by atomic mass is 9.79. The van der Waals surface area contributed by atoms with E-state index in [4.69, 9.17) is 28.4 Å². The van der Waals surface area contributed by atoms with Crippen molar-refractivity contribution in [2.45, 2.75) is 17.4 Å². The summed E-state index contributed by atoms with van der Waals surface area (Å²) in [6.45, 7) is -0.534. The molecule has 1 fully saturated rings. The average Bonchev–Trinajstić information content (AvgIpc) is 3.27. The molecular weight excluding hydrogens is 727 g/mol. The molecule has 0 aliphatic carbocycles. The number of ether oxygens (including phenoxy) is 6. The van der Waals surface area contributed by atoms with Gasteiger partial charge in [0, 0.05) is 11.8 Å². The largest absolute Gasteiger partial charge is 0.497 e. The van der Waals surface area contributed by atoms with Crippen molar-refractivity contribution in [3.05, 3.63) is 190 Å². The monoisotopic (exact) mass is 767 g/mol. The molecule has 1 amide bonds. The molecule has 1 N–H and O–H groups in total. The van der Waals surface area contributed by atoms with Crippen molar-refractivity contribution >= 4 is 17.7 Å². The maximum Gasteiger partial charge on any atom is 0.351 e. The number of esters is 1. The van der Waals surface area contributed by atoms with E-state index in [-0.39, 0.29) is 32.2 Å². The van der Waals surface area contributed by atoms with Crippen LogP contribution in [0.2, 0.25) is 0 Å². The van der Waals surface area contributed by atoms with E-state index in [1.807, 2.05) is 78.9 Å². The number of nitrogens with one attached hydrogen (secondary N) is 1. The number of nitrogens with zero attached hydrogens (tertiary/aromatic N) is 2. The van der Waals surface area contributed by atoms with Gasteiger partial charge in [0.05, 0.1) is 39.6 Å². The molecule has 2 heterocycles. The van der Waals surface area contributed by atoms with Crippen molar-refractivity contribution in [2.24, 2.45) is 0 Å². The molecule has 0 bridgehead atoms. The van der Waals surface area contributed by atoms with Gasteiger partial charge in [-0.1, -0.05) is 91.0 Å². The number of hydrogen-bond donors (Lipinski definition) is 1. The Bertz CT molecular complexity index is 2270. The number of benzene rings is 5. The Balaban J connectivity index is 1.25. The topological polar surface area (TPSA) is 136 Å². The second kappa shape index (κ2) is 17.5. The first-order valence-corrected chi connectivity index (χ1v) is 18.2. The number of aromatic nitrogens is 2. The minimum absolute atomic E-state index is 0.0214. The van der Waals surface area contributed by atoms with Gasteiger partial charge in [-0.3, -0.25) is 9.36 Å². The van der Waals surface area contributed by atoms with E-state index in [1.54, 1.807) is 74.9 Å². The van der Waals surface area contributed by atoms with E-state index >= 15 is 0 Å². The van der Waals surface area contributed by atoms with Crippen molar-refractivity contribution in [3.63, 3.8) is 0 Å². The number of rotatable bonds is 14. The number of methoxy groups -OCH3 is 2. The first kappa shape index (κ1) is 38.7. The maximum atomic E-state index is 13.5. The van der Waals surface area contributed by atoms with Crippen LogP contribution in [0.3, 0.4) is 0 Å². The minimum atomic E-state index is -1.44. The molecular formula is C45H41N3O9. The fourth-order valence-electron chi connectivity index (χ4n) is 6.68. The summed E-state index contributed by atoms with van der Waals surface area (Å²) in [4.78, 5) is 43.8. The maximum absolute atomic E-state index is 13.5. The van der Waals surface area contributed by atoms with Crippen LogP contribution in [-0.2, 0) is 24.5 Å². The lowest BCUT2D eigenvalue weighted by molar-refractivity contribution is -0.260. The number of carbonyl (C=O) groups is 2. The fraction of sp³-hybridized carbons (Fsp3) is 0.200. The summed E-state index contributed by atoms with van der Waals surface area (Å²) >= 11 is 0. The van der Waals surface area contributed by atoms with Gasteiger partial charge in [-0.25, -0.2) is 9.59 Å². The van der Waals surface area contributed by atoms with Crippen molar-refractivity contribution in [2.75, 3.05) is 46.0 Å². The molecule has 0 radical (unpaired) electrons. The number of anilines is 1. The third kappa shape index (κ3) is 8.63. The molecule has 1 aliphatic rings. The molecule has 7 rings (SSSR count). The van der Waals surface area contributed by atoms with Crippen LogP contribution in [0.4, 0.5) is 5.82 Å². The first-order chi connectivity index (χ1) is 27.8. The molecule has 12 heteroatoms. The van der Waals surface area contributed by atoms with Gasteiger partial charge in [-0.2, -0.15) is 4.98 Å². The molecule has 6 aromatic rings. The molecule has 12 nitrogen and oxygen atoms in total. The quantitative estimate of drug-likeness (QED) is 0.0947. The molecule has 57 heavy (non-hydrogen) atoms. The first-order valence-electron chi connectivity index (χ1n) is 18.2. The van der Waals surface area contributed by atoms with Crippen LogP contribution in [0.1, 0.15) is 43.6 Å². The van der Waals surface area contributed by atoms with Crippen molar-refractivity contribution in [1.29, 1.82) is 0 Å². The molecule has 2 atom stereocenters. The molecule has 0 unspecified atom stereocenters. The Hall–Kier alpha value is -6.60. The average molecular weight is 768 g/mol. The Labute approximate surface area is 329 Å². The number of amides is 1. The Morgan fingerprint density at radius 1 is 0.737 bits per heavy atom. The predicted molar refractivity (Wildman–Crippen MR) is 212 cm³/mol. The highest BCUT2D eigenvalue weighted by atomic mass is 16.6. The molecule has 1 aromatic heterocycles. The molecule has 5 aromatic carbocycles. The van der Waals surface area contributed by atoms with E-state index in [2.05, 4.69) is 10.3 Å². The number of carbonyl (C=O) groups excluding carboxylic acids is 2. The van der Waals surface area contributed by atoms with Gasteiger partial charge in [-0.15, -0.1) is 0 Å². The van der Waals surface area contributed by atoms with Gasteiger partial charge >= 0.3 is 11.7 Å². The third-order valence-electron chi connectivity index (χ3n) is 9.63. The fourth-order valence-corrected chi connectivity index (χ4v) is 6.68. The summed E-state index contributed by atoms with van der Waals surface area (Å²) < 4.78 is 38.3. The van der Waals surface area contributed by atoms with E-state index in [0.717, 1.165) is 16.7 Å². The summed E-state index contributed by atoms with van der Waals surface area (Å²) in [5.41, 5.74) is -0.254. The smallest absolute Gasteiger partial charge is 0.351 e. The van der Waals surface area contributed by atoms with Crippen molar-refractivity contribution in [3.8, 4) is 11.5 Å². The highest BCUT2D eigenvalue weighted by Crippen LogP contribution is 2.43. The summed E-state index contributed by atoms with van der Waals surface area (Å²) in [5.74, 6) is 0.412. The van der Waals surface area contributed by atoms with Crippen LogP contribution >= 0.6 is 0 Å². The second-order valence-electron chi connectivity index (χ2n) is 13.3. The second-order valence-corrected chi connectivity index (χ2v) is 13.3. The molecule has 0 spiro atoms. The summed E-state index contributed by atoms with van der Waals surface area (Å²) in [5, 5.41) is 2.66. The van der Waals surface area contributed by atoms with Crippen LogP contribution < -0.4 is 20.5 Å². The molecule has 1 aliphatic heterocycles. The Kier molecular flexibility index (Phi) is 11.8. The summed E-state index contributed by atoms with van der Waals surface area (Å²) in [7, 11) is 3.21. The van der Waals surface area contributed by atoms with Gasteiger partial charge in [0.15, 0.2) is 11.8 Å². The summed E-state index contributed by atoms with van der Waals surface area (Å²) in [6, 6.07) is 43.6. The lowest BCUT2D eigenvalue weighted by Crippen LogP contribution is -2.55. The highest BCUT2D eigenvalue weighted by Gasteiger charge is 2.46. The zero-order valence-corrected chi connectivity index (χ0v) is 31.4. The zero-order valence-electron chi connectivity index (χ0n) is 31.4. The van der Waals surface area contributed by atoms with Gasteiger partial charge in [-0.05, 0) is 71.3 Å². The lowest BCUT2D eigenvalue weighted by Gasteiger charge is -2.44. The van der Waals surface area contributed by atoms with E-state index in [1.165, 1.54) is 16.8 Å². The standard InChI is InChI=1S/C45H41N3O9/c1-52-37-22-18-35(19-23-37)45(34-16-10-5-11-17-34,36-20-24-38(53-2)25-21-36)56-31-44(30-55-42(50)33-14-8-4-9-15-33)29-54-28-40(57-44)48-27-26-39(47-43(48)51)46-41(49)32-12-6-3-7-13-32/h3-27,40H,28-31H2,1-2H3,(H,46,47,49,51)/t40-,44+/m1/s1. The van der Waals surface area contributed by atoms with Crippen molar-refractivity contribution in [1.82, 2.24) is 9.55 Å². The van der Waals surface area contributed by atoms with Gasteiger partial charge in [0.2, 0.25) is 0 Å². The van der Waals surface area contributed by atoms with Gasteiger partial charge < -0.3 is 33.7 Å². The SMILES string of the molecule is COc1ccc(C(OC[C@@]2(COC(=O)c3ccccc3)COC[C@H](n3ccc(NC(=O)c4ccccc4)nc3=O)O2)(c2ccccc2)c2ccc(OC)cc2)cc1. The normalized spacial score (nSPS) is 16.6. The van der Waals surface area contributed by atoms with Crippen LogP contribution in [0.15, 0.2) is 157 Å². The Morgan fingerprint density at radius 2 is 1.28 bits per heavy atom. The van der Waals surface area contributed by atoms with E-state index in [0.29, 0.717) is 22.6 Å². The third-order valence-corrected chi connectivity index (χ3v) is 9.63. The van der Waals surface area contributed by atoms with Crippen LogP contribution in [0.5, 0.6) is 11.5 Å². The van der Waals surface area contributed by atoms with Crippen LogP contribution in [0.25, 0.3) is 0 Å². The summed E-state index contributed by atoms with van der Waals surface area (Å²) in [6.07, 6.45) is 0.463. The molecule has 1 saturated heterocycles. The Morgan fingerprint density at radius 3 is 1.84 bits per heavy atom. The zero-order chi connectivity index (χ0) is 39.7.